The SMILES string of the molecule is CCNC(=NCC(C)Oc1ccccc1OC)NCCOc1cccnc1. The molecular formula is C20H28N4O3. The van der Waals surface area contributed by atoms with Gasteiger partial charge in [-0.1, -0.05) is 12.1 Å². The van der Waals surface area contributed by atoms with Crippen LogP contribution in [0.25, 0.3) is 0 Å². The van der Waals surface area contributed by atoms with Crippen molar-refractivity contribution in [3.8, 4) is 17.2 Å². The van der Waals surface area contributed by atoms with E-state index in [0.717, 1.165) is 18.3 Å². The number of guanidine groups is 1. The number of rotatable bonds is 10. The van der Waals surface area contributed by atoms with Crippen molar-refractivity contribution in [3.05, 3.63) is 48.8 Å². The number of benzene rings is 1. The maximum atomic E-state index is 5.93. The first kappa shape index (κ1) is 20.4. The van der Waals surface area contributed by atoms with E-state index in [4.69, 9.17) is 14.2 Å². The van der Waals surface area contributed by atoms with Gasteiger partial charge >= 0.3 is 0 Å². The van der Waals surface area contributed by atoms with E-state index >= 15 is 0 Å². The zero-order chi connectivity index (χ0) is 19.3. The van der Waals surface area contributed by atoms with Crippen LogP contribution < -0.4 is 24.8 Å². The van der Waals surface area contributed by atoms with Crippen LogP contribution in [0.4, 0.5) is 0 Å². The fourth-order valence-corrected chi connectivity index (χ4v) is 2.30. The fraction of sp³-hybridized carbons (Fsp3) is 0.400. The Morgan fingerprint density at radius 3 is 2.67 bits per heavy atom. The molecule has 0 aliphatic carbocycles. The Labute approximate surface area is 160 Å². The summed E-state index contributed by atoms with van der Waals surface area (Å²) in [5.74, 6) is 2.90. The minimum absolute atomic E-state index is 0.0941. The summed E-state index contributed by atoms with van der Waals surface area (Å²) in [6, 6.07) is 11.3. The molecule has 0 radical (unpaired) electrons. The Hall–Kier alpha value is -2.96. The van der Waals surface area contributed by atoms with Gasteiger partial charge in [0.05, 0.1) is 26.4 Å². The second-order valence-electron chi connectivity index (χ2n) is 5.76. The predicted octanol–water partition coefficient (Wildman–Crippen LogP) is 2.49. The number of para-hydroxylation sites is 2. The van der Waals surface area contributed by atoms with Crippen LogP contribution in [-0.4, -0.2) is 50.4 Å². The quantitative estimate of drug-likeness (QED) is 0.379. The summed E-state index contributed by atoms with van der Waals surface area (Å²) in [4.78, 5) is 8.59. The highest BCUT2D eigenvalue weighted by molar-refractivity contribution is 5.79. The molecule has 1 heterocycles. The Kier molecular flexibility index (Phi) is 8.76. The third kappa shape index (κ3) is 7.43. The van der Waals surface area contributed by atoms with Crippen molar-refractivity contribution >= 4 is 5.96 Å². The number of methoxy groups -OCH3 is 1. The van der Waals surface area contributed by atoms with Gasteiger partial charge in [0.25, 0.3) is 0 Å². The van der Waals surface area contributed by atoms with E-state index in [-0.39, 0.29) is 6.10 Å². The summed E-state index contributed by atoms with van der Waals surface area (Å²) in [5.41, 5.74) is 0. The maximum Gasteiger partial charge on any atom is 0.191 e. The van der Waals surface area contributed by atoms with E-state index in [1.165, 1.54) is 0 Å². The van der Waals surface area contributed by atoms with Crippen molar-refractivity contribution in [1.29, 1.82) is 0 Å². The minimum atomic E-state index is -0.0941. The standard InChI is InChI=1S/C20H28N4O3/c1-4-22-20(23-12-13-26-17-8-7-11-21-15-17)24-14-16(2)27-19-10-6-5-9-18(19)25-3/h5-11,15-16H,4,12-14H2,1-3H3,(H2,22,23,24). The Bertz CT molecular complexity index is 695. The molecule has 0 saturated heterocycles. The van der Waals surface area contributed by atoms with Crippen molar-refractivity contribution in [2.45, 2.75) is 20.0 Å². The van der Waals surface area contributed by atoms with Crippen LogP contribution in [0.5, 0.6) is 17.2 Å². The average Bonchev–Trinajstić information content (AvgIpc) is 2.70. The lowest BCUT2D eigenvalue weighted by Gasteiger charge is -2.16. The second kappa shape index (κ2) is 11.6. The predicted molar refractivity (Wildman–Crippen MR) is 107 cm³/mol. The van der Waals surface area contributed by atoms with E-state index < -0.39 is 0 Å². The molecule has 2 aromatic rings. The van der Waals surface area contributed by atoms with E-state index in [1.807, 2.05) is 50.2 Å². The van der Waals surface area contributed by atoms with Crippen molar-refractivity contribution in [2.75, 3.05) is 33.4 Å². The number of aliphatic imine (C=N–C) groups is 1. The van der Waals surface area contributed by atoms with Gasteiger partial charge in [-0.05, 0) is 38.1 Å². The van der Waals surface area contributed by atoms with Gasteiger partial charge in [0.2, 0.25) is 0 Å². The molecule has 7 nitrogen and oxygen atoms in total. The maximum absolute atomic E-state index is 5.93. The van der Waals surface area contributed by atoms with Gasteiger partial charge < -0.3 is 24.8 Å². The average molecular weight is 372 g/mol. The van der Waals surface area contributed by atoms with E-state index in [1.54, 1.807) is 19.5 Å². The van der Waals surface area contributed by atoms with Crippen molar-refractivity contribution in [1.82, 2.24) is 15.6 Å². The van der Waals surface area contributed by atoms with Crippen LogP contribution in [-0.2, 0) is 0 Å². The molecule has 7 heteroatoms. The van der Waals surface area contributed by atoms with Gasteiger partial charge in [0.1, 0.15) is 18.5 Å². The summed E-state index contributed by atoms with van der Waals surface area (Å²) in [5, 5.41) is 6.46. The van der Waals surface area contributed by atoms with Gasteiger partial charge in [-0.15, -0.1) is 0 Å². The second-order valence-corrected chi connectivity index (χ2v) is 5.76. The molecule has 1 aromatic carbocycles. The number of aromatic nitrogens is 1. The smallest absolute Gasteiger partial charge is 0.191 e. The lowest BCUT2D eigenvalue weighted by atomic mass is 10.3. The first-order chi connectivity index (χ1) is 13.2. The number of hydrogen-bond donors (Lipinski definition) is 2. The molecule has 0 amide bonds. The summed E-state index contributed by atoms with van der Waals surface area (Å²) >= 11 is 0. The molecule has 2 N–H and O–H groups in total. The van der Waals surface area contributed by atoms with Gasteiger partial charge in [0, 0.05) is 12.7 Å². The molecule has 1 aromatic heterocycles. The van der Waals surface area contributed by atoms with E-state index in [2.05, 4.69) is 20.6 Å². The van der Waals surface area contributed by atoms with Crippen molar-refractivity contribution in [2.24, 2.45) is 4.99 Å². The van der Waals surface area contributed by atoms with E-state index in [9.17, 15) is 0 Å². The number of nitrogens with zero attached hydrogens (tertiary/aromatic N) is 2. The minimum Gasteiger partial charge on any atom is -0.493 e. The van der Waals surface area contributed by atoms with Gasteiger partial charge in [0.15, 0.2) is 17.5 Å². The Morgan fingerprint density at radius 2 is 1.96 bits per heavy atom. The molecule has 0 spiro atoms. The first-order valence-electron chi connectivity index (χ1n) is 9.07. The molecular weight excluding hydrogens is 344 g/mol. The van der Waals surface area contributed by atoms with Gasteiger partial charge in [-0.3, -0.25) is 4.98 Å². The molecule has 0 bridgehead atoms. The molecule has 1 unspecified atom stereocenters. The highest BCUT2D eigenvalue weighted by Crippen LogP contribution is 2.26. The molecule has 2 rings (SSSR count). The third-order valence-corrected chi connectivity index (χ3v) is 3.55. The van der Waals surface area contributed by atoms with Crippen molar-refractivity contribution in [3.63, 3.8) is 0 Å². The summed E-state index contributed by atoms with van der Waals surface area (Å²) in [6.07, 6.45) is 3.31. The highest BCUT2D eigenvalue weighted by Gasteiger charge is 2.08. The summed E-state index contributed by atoms with van der Waals surface area (Å²) < 4.78 is 16.9. The number of hydrogen-bond acceptors (Lipinski definition) is 5. The van der Waals surface area contributed by atoms with Crippen LogP contribution >= 0.6 is 0 Å². The molecule has 1 atom stereocenters. The largest absolute Gasteiger partial charge is 0.493 e. The van der Waals surface area contributed by atoms with Crippen molar-refractivity contribution < 1.29 is 14.2 Å². The van der Waals surface area contributed by atoms with Gasteiger partial charge in [-0.2, -0.15) is 0 Å². The van der Waals surface area contributed by atoms with Crippen LogP contribution in [0.2, 0.25) is 0 Å². The molecule has 27 heavy (non-hydrogen) atoms. The molecule has 146 valence electrons. The number of pyridine rings is 1. The lowest BCUT2D eigenvalue weighted by Crippen LogP contribution is -2.40. The lowest BCUT2D eigenvalue weighted by molar-refractivity contribution is 0.219. The molecule has 0 aliphatic rings. The molecule has 0 saturated carbocycles. The zero-order valence-electron chi connectivity index (χ0n) is 16.1. The molecule has 0 fully saturated rings. The fourth-order valence-electron chi connectivity index (χ4n) is 2.30. The number of nitrogens with one attached hydrogen (secondary N) is 2. The summed E-state index contributed by atoms with van der Waals surface area (Å²) in [6.45, 7) is 6.43. The van der Waals surface area contributed by atoms with Crippen LogP contribution in [0.15, 0.2) is 53.8 Å². The summed E-state index contributed by atoms with van der Waals surface area (Å²) in [7, 11) is 1.63. The number of ether oxygens (including phenoxy) is 3. The first-order valence-corrected chi connectivity index (χ1v) is 9.07. The van der Waals surface area contributed by atoms with Crippen LogP contribution in [0.1, 0.15) is 13.8 Å². The zero-order valence-corrected chi connectivity index (χ0v) is 16.1. The van der Waals surface area contributed by atoms with Crippen LogP contribution in [0.3, 0.4) is 0 Å². The Morgan fingerprint density at radius 1 is 1.15 bits per heavy atom. The van der Waals surface area contributed by atoms with Gasteiger partial charge in [-0.25, -0.2) is 4.99 Å². The van der Waals surface area contributed by atoms with Crippen LogP contribution in [0, 0.1) is 0 Å². The van der Waals surface area contributed by atoms with E-state index in [0.29, 0.717) is 31.2 Å². The molecule has 0 aliphatic heterocycles. The Balaban J connectivity index is 1.79. The third-order valence-electron chi connectivity index (χ3n) is 3.55. The monoisotopic (exact) mass is 372 g/mol. The normalized spacial score (nSPS) is 12.2. The topological polar surface area (TPSA) is 77.0 Å². The highest BCUT2D eigenvalue weighted by atomic mass is 16.5.